The predicted molar refractivity (Wildman–Crippen MR) is 121 cm³/mol. The minimum Gasteiger partial charge on any atom is -0.489 e. The number of carbonyl (C=O) groups excluding carboxylic acids is 1. The lowest BCUT2D eigenvalue weighted by Crippen LogP contribution is -2.13. The van der Waals surface area contributed by atoms with Crippen molar-refractivity contribution in [3.05, 3.63) is 95.6 Å². The summed E-state index contributed by atoms with van der Waals surface area (Å²) in [4.78, 5) is 13.1. The molecule has 2 unspecified atom stereocenters. The molecule has 0 N–H and O–H groups in total. The van der Waals surface area contributed by atoms with E-state index in [1.165, 1.54) is 0 Å². The first-order valence-corrected chi connectivity index (χ1v) is 10.6. The molecule has 4 heteroatoms. The topological polar surface area (TPSA) is 35.5 Å². The summed E-state index contributed by atoms with van der Waals surface area (Å²) < 4.78 is 11.9. The molecule has 2 atom stereocenters. The first-order valence-electron chi connectivity index (χ1n) is 9.88. The number of para-hydroxylation sites is 2. The Labute approximate surface area is 175 Å². The van der Waals surface area contributed by atoms with Gasteiger partial charge in [0.1, 0.15) is 24.7 Å². The van der Waals surface area contributed by atoms with Gasteiger partial charge in [0.2, 0.25) is 0 Å². The fourth-order valence-corrected chi connectivity index (χ4v) is 3.26. The number of ether oxygens (including phenoxy) is 2. The zero-order valence-electron chi connectivity index (χ0n) is 16.7. The Bertz CT molecular complexity index is 846. The molecule has 3 nitrogen and oxygen atoms in total. The number of ketones is 1. The molecule has 0 spiro atoms. The van der Waals surface area contributed by atoms with Gasteiger partial charge in [0, 0.05) is 23.1 Å². The molecule has 3 aromatic carbocycles. The summed E-state index contributed by atoms with van der Waals surface area (Å²) in [6, 6.07) is 25.2. The van der Waals surface area contributed by atoms with Gasteiger partial charge in [-0.1, -0.05) is 61.5 Å². The lowest BCUT2D eigenvalue weighted by atomic mass is 9.95. The quantitative estimate of drug-likeness (QED) is 0.303. The molecule has 0 heterocycles. The SMILES string of the molecule is CC(P)CCC(=O)c1c(COc2ccccc2)cccc1COc1ccccc1. The normalized spacial score (nSPS) is 11.7. The summed E-state index contributed by atoms with van der Waals surface area (Å²) in [5.74, 6) is 1.71. The third kappa shape index (κ3) is 6.44. The van der Waals surface area contributed by atoms with Gasteiger partial charge in [-0.15, -0.1) is 9.24 Å². The van der Waals surface area contributed by atoms with Gasteiger partial charge in [0.05, 0.1) is 0 Å². The van der Waals surface area contributed by atoms with Gasteiger partial charge < -0.3 is 9.47 Å². The lowest BCUT2D eigenvalue weighted by Gasteiger charge is -2.16. The third-order valence-electron chi connectivity index (χ3n) is 4.62. The van der Waals surface area contributed by atoms with Crippen LogP contribution in [-0.2, 0) is 13.2 Å². The van der Waals surface area contributed by atoms with Crippen LogP contribution in [0.25, 0.3) is 0 Å². The van der Waals surface area contributed by atoms with Crippen molar-refractivity contribution >= 4 is 15.0 Å². The Balaban J connectivity index is 1.82. The number of Topliss-reactive ketones (excluding diaryl/α,β-unsaturated/α-hetero) is 1. The maximum absolute atomic E-state index is 13.1. The van der Waals surface area contributed by atoms with Gasteiger partial charge in [0.15, 0.2) is 5.78 Å². The molecule has 150 valence electrons. The molecule has 29 heavy (non-hydrogen) atoms. The monoisotopic (exact) mass is 406 g/mol. The van der Waals surface area contributed by atoms with Crippen molar-refractivity contribution in [2.75, 3.05) is 0 Å². The van der Waals surface area contributed by atoms with Crippen molar-refractivity contribution in [3.8, 4) is 11.5 Å². The molecule has 0 fully saturated rings. The van der Waals surface area contributed by atoms with Gasteiger partial charge in [-0.25, -0.2) is 0 Å². The van der Waals surface area contributed by atoms with Crippen molar-refractivity contribution in [1.29, 1.82) is 0 Å². The van der Waals surface area contributed by atoms with Gasteiger partial charge in [-0.2, -0.15) is 0 Å². The first kappa shape index (κ1) is 21.1. The average molecular weight is 406 g/mol. The Morgan fingerprint density at radius 1 is 0.793 bits per heavy atom. The van der Waals surface area contributed by atoms with E-state index in [2.05, 4.69) is 16.2 Å². The Hall–Kier alpha value is -2.64. The number of carbonyl (C=O) groups is 1. The molecule has 0 amide bonds. The number of hydrogen-bond acceptors (Lipinski definition) is 3. The summed E-state index contributed by atoms with van der Waals surface area (Å²) in [6.07, 6.45) is 1.34. The summed E-state index contributed by atoms with van der Waals surface area (Å²) >= 11 is 0. The molecule has 0 saturated carbocycles. The lowest BCUT2D eigenvalue weighted by molar-refractivity contribution is 0.0975. The van der Waals surface area contributed by atoms with E-state index in [1.54, 1.807) is 0 Å². The zero-order valence-corrected chi connectivity index (χ0v) is 17.9. The minimum absolute atomic E-state index is 0.137. The van der Waals surface area contributed by atoms with Gasteiger partial charge in [0.25, 0.3) is 0 Å². The van der Waals surface area contributed by atoms with E-state index in [1.807, 2.05) is 78.9 Å². The molecule has 0 radical (unpaired) electrons. The molecule has 0 bridgehead atoms. The van der Waals surface area contributed by atoms with E-state index in [-0.39, 0.29) is 5.78 Å². The van der Waals surface area contributed by atoms with Crippen LogP contribution in [0.5, 0.6) is 11.5 Å². The molecule has 0 aliphatic carbocycles. The highest BCUT2D eigenvalue weighted by atomic mass is 31.0. The maximum atomic E-state index is 13.1. The molecular weight excluding hydrogens is 379 g/mol. The molecular formula is C25H27O3P. The van der Waals surface area contributed by atoms with Crippen LogP contribution in [0.2, 0.25) is 0 Å². The first-order chi connectivity index (χ1) is 14.1. The van der Waals surface area contributed by atoms with E-state index in [4.69, 9.17) is 9.47 Å². The van der Waals surface area contributed by atoms with Crippen LogP contribution in [0.4, 0.5) is 0 Å². The largest absolute Gasteiger partial charge is 0.489 e. The Kier molecular flexibility index (Phi) is 7.84. The Morgan fingerprint density at radius 2 is 1.28 bits per heavy atom. The van der Waals surface area contributed by atoms with Gasteiger partial charge in [-0.3, -0.25) is 4.79 Å². The van der Waals surface area contributed by atoms with Crippen molar-refractivity contribution in [2.45, 2.75) is 38.6 Å². The highest BCUT2D eigenvalue weighted by Crippen LogP contribution is 2.23. The van der Waals surface area contributed by atoms with Crippen molar-refractivity contribution < 1.29 is 14.3 Å². The summed E-state index contributed by atoms with van der Waals surface area (Å²) in [6.45, 7) is 2.79. The van der Waals surface area contributed by atoms with Gasteiger partial charge in [-0.05, 0) is 36.3 Å². The summed E-state index contributed by atoms with van der Waals surface area (Å²) in [7, 11) is 2.76. The number of hydrogen-bond donors (Lipinski definition) is 0. The highest BCUT2D eigenvalue weighted by molar-refractivity contribution is 7.17. The van der Waals surface area contributed by atoms with Crippen molar-refractivity contribution in [3.63, 3.8) is 0 Å². The van der Waals surface area contributed by atoms with Crippen LogP contribution in [-0.4, -0.2) is 11.4 Å². The molecule has 0 aliphatic heterocycles. The second-order valence-corrected chi connectivity index (χ2v) is 8.23. The highest BCUT2D eigenvalue weighted by Gasteiger charge is 2.17. The maximum Gasteiger partial charge on any atom is 0.163 e. The molecule has 3 rings (SSSR count). The van der Waals surface area contributed by atoms with Crippen molar-refractivity contribution in [1.82, 2.24) is 0 Å². The van der Waals surface area contributed by atoms with Crippen LogP contribution in [0.15, 0.2) is 78.9 Å². The Morgan fingerprint density at radius 3 is 1.72 bits per heavy atom. The predicted octanol–water partition coefficient (Wildman–Crippen LogP) is 6.07. The second-order valence-electron chi connectivity index (χ2n) is 7.09. The molecule has 0 aromatic heterocycles. The van der Waals surface area contributed by atoms with Gasteiger partial charge >= 0.3 is 0 Å². The standard InChI is InChI=1S/C25H27O3P/c1-19(29)15-16-24(26)25-20(17-27-22-11-4-2-5-12-22)9-8-10-21(25)18-28-23-13-6-3-7-14-23/h2-14,19H,15-18,29H2,1H3. The average Bonchev–Trinajstić information content (AvgIpc) is 2.76. The zero-order chi connectivity index (χ0) is 20.5. The van der Waals surface area contributed by atoms with Crippen molar-refractivity contribution in [2.24, 2.45) is 0 Å². The van der Waals surface area contributed by atoms with Crippen LogP contribution in [0, 0.1) is 0 Å². The molecule has 3 aromatic rings. The fourth-order valence-electron chi connectivity index (χ4n) is 3.09. The minimum atomic E-state index is 0.137. The van der Waals surface area contributed by atoms with Crippen LogP contribution >= 0.6 is 9.24 Å². The number of benzene rings is 3. The molecule has 0 saturated heterocycles. The molecule has 0 aliphatic rings. The van der Waals surface area contributed by atoms with E-state index < -0.39 is 0 Å². The van der Waals surface area contributed by atoms with E-state index in [0.717, 1.165) is 34.6 Å². The van der Waals surface area contributed by atoms with E-state index >= 15 is 0 Å². The summed E-state index contributed by atoms with van der Waals surface area (Å²) in [5, 5.41) is 0. The number of rotatable bonds is 10. The van der Waals surface area contributed by atoms with Crippen LogP contribution in [0.1, 0.15) is 41.3 Å². The second kappa shape index (κ2) is 10.8. The van der Waals surface area contributed by atoms with E-state index in [0.29, 0.717) is 25.3 Å². The fraction of sp³-hybridized carbons (Fsp3) is 0.240. The van der Waals surface area contributed by atoms with Crippen LogP contribution < -0.4 is 9.47 Å². The summed E-state index contributed by atoms with van der Waals surface area (Å²) in [5.41, 5.74) is 2.91. The van der Waals surface area contributed by atoms with E-state index in [9.17, 15) is 4.79 Å². The van der Waals surface area contributed by atoms with Crippen LogP contribution in [0.3, 0.4) is 0 Å². The smallest absolute Gasteiger partial charge is 0.163 e. The third-order valence-corrected chi connectivity index (χ3v) is 4.95.